The molecule has 2 amide bonds. The van der Waals surface area contributed by atoms with E-state index in [4.69, 9.17) is 0 Å². The van der Waals surface area contributed by atoms with Crippen molar-refractivity contribution in [1.82, 2.24) is 14.9 Å². The van der Waals surface area contributed by atoms with Crippen molar-refractivity contribution in [2.24, 2.45) is 5.92 Å². The number of aryl methyl sites for hydroxylation is 1. The Morgan fingerprint density at radius 1 is 1.09 bits per heavy atom. The van der Waals surface area contributed by atoms with E-state index in [1.807, 2.05) is 66.9 Å². The number of nitrogens with zero attached hydrogens (tertiary/aromatic N) is 3. The number of hydrogen-bond acceptors (Lipinski definition) is 3. The highest BCUT2D eigenvalue weighted by Gasteiger charge is 2.50. The highest BCUT2D eigenvalue weighted by atomic mass is 16.2. The molecule has 0 radical (unpaired) electrons. The second-order valence-electron chi connectivity index (χ2n) is 9.60. The fourth-order valence-corrected chi connectivity index (χ4v) is 5.23. The zero-order chi connectivity index (χ0) is 22.5. The summed E-state index contributed by atoms with van der Waals surface area (Å²) in [5, 5.41) is 3.32. The lowest BCUT2D eigenvalue weighted by Crippen LogP contribution is -2.66. The first kappa shape index (κ1) is 20.7. The summed E-state index contributed by atoms with van der Waals surface area (Å²) in [5.74, 6) is 0.468. The number of carbonyl (C=O) groups excluding carboxylic acids is 2. The fourth-order valence-electron chi connectivity index (χ4n) is 5.23. The Labute approximate surface area is 188 Å². The van der Waals surface area contributed by atoms with Crippen molar-refractivity contribution >= 4 is 28.5 Å². The van der Waals surface area contributed by atoms with Crippen molar-refractivity contribution in [3.05, 3.63) is 59.9 Å². The number of benzene rings is 2. The number of rotatable bonds is 3. The van der Waals surface area contributed by atoms with Crippen LogP contribution in [-0.2, 0) is 11.3 Å². The Morgan fingerprint density at radius 3 is 2.56 bits per heavy atom. The van der Waals surface area contributed by atoms with Gasteiger partial charge in [0, 0.05) is 11.7 Å². The number of para-hydroxylation sites is 2. The number of nitrogens with one attached hydrogen (secondary N) is 1. The average molecular weight is 431 g/mol. The third-order valence-corrected chi connectivity index (χ3v) is 7.22. The van der Waals surface area contributed by atoms with Crippen LogP contribution < -0.4 is 10.2 Å². The molecule has 1 fully saturated rings. The van der Waals surface area contributed by atoms with Gasteiger partial charge in [0.25, 0.3) is 5.91 Å². The van der Waals surface area contributed by atoms with Gasteiger partial charge in [0.05, 0.1) is 17.6 Å². The maximum Gasteiger partial charge on any atom is 0.295 e. The largest absolute Gasteiger partial charge is 0.351 e. The summed E-state index contributed by atoms with van der Waals surface area (Å²) in [6.45, 7) is 6.45. The molecule has 3 atom stereocenters. The first-order chi connectivity index (χ1) is 15.4. The lowest BCUT2D eigenvalue weighted by atomic mass is 9.85. The zero-order valence-corrected chi connectivity index (χ0v) is 19.0. The SMILES string of the molecule is Cc1ccc(N2C(=O)c3nc4ccccc4n3C[C@]2(C)C(=O)N[C@@H]2CCCC[C@H]2C)cc1. The van der Waals surface area contributed by atoms with Gasteiger partial charge in [0.1, 0.15) is 5.54 Å². The number of anilines is 1. The first-order valence-electron chi connectivity index (χ1n) is 11.6. The standard InChI is InChI=1S/C26H30N4O2/c1-17-12-14-19(15-13-17)30-24(31)23-27-21-10-6-7-11-22(21)29(23)16-26(30,3)25(32)28-20-9-5-4-8-18(20)2/h6-7,10-15,18,20H,4-5,8-9,16H2,1-3H3,(H,28,32)/t18-,20-,26-/m1/s1. The molecular weight excluding hydrogens is 400 g/mol. The highest BCUT2D eigenvalue weighted by Crippen LogP contribution is 2.35. The minimum atomic E-state index is -1.07. The maximum atomic E-state index is 13.9. The van der Waals surface area contributed by atoms with Crippen LogP contribution >= 0.6 is 0 Å². The van der Waals surface area contributed by atoms with Crippen LogP contribution in [0.1, 0.15) is 55.7 Å². The van der Waals surface area contributed by atoms with Gasteiger partial charge in [-0.2, -0.15) is 0 Å². The molecule has 0 bridgehead atoms. The first-order valence-corrected chi connectivity index (χ1v) is 11.6. The molecule has 2 heterocycles. The van der Waals surface area contributed by atoms with E-state index in [1.165, 1.54) is 6.42 Å². The molecule has 32 heavy (non-hydrogen) atoms. The predicted octanol–water partition coefficient (Wildman–Crippen LogP) is 4.46. The second-order valence-corrected chi connectivity index (χ2v) is 9.60. The van der Waals surface area contributed by atoms with E-state index in [0.29, 0.717) is 24.0 Å². The lowest BCUT2D eigenvalue weighted by Gasteiger charge is -2.44. The number of hydrogen-bond donors (Lipinski definition) is 1. The Morgan fingerprint density at radius 2 is 1.81 bits per heavy atom. The Bertz CT molecular complexity index is 1180. The van der Waals surface area contributed by atoms with Crippen LogP contribution in [0, 0.1) is 12.8 Å². The minimum Gasteiger partial charge on any atom is -0.351 e. The van der Waals surface area contributed by atoms with Crippen molar-refractivity contribution in [1.29, 1.82) is 0 Å². The van der Waals surface area contributed by atoms with Crippen LogP contribution in [0.4, 0.5) is 5.69 Å². The van der Waals surface area contributed by atoms with E-state index in [0.717, 1.165) is 35.9 Å². The van der Waals surface area contributed by atoms with Gasteiger partial charge >= 0.3 is 0 Å². The molecule has 0 saturated heterocycles. The van der Waals surface area contributed by atoms with Gasteiger partial charge in [-0.15, -0.1) is 0 Å². The van der Waals surface area contributed by atoms with Crippen LogP contribution in [-0.4, -0.2) is 32.9 Å². The number of carbonyl (C=O) groups is 2. The molecule has 166 valence electrons. The van der Waals surface area contributed by atoms with Gasteiger partial charge in [-0.05, 0) is 56.9 Å². The second kappa shape index (κ2) is 7.76. The van der Waals surface area contributed by atoms with Gasteiger partial charge in [0.2, 0.25) is 11.7 Å². The zero-order valence-electron chi connectivity index (χ0n) is 19.0. The van der Waals surface area contributed by atoms with Crippen molar-refractivity contribution < 1.29 is 9.59 Å². The third kappa shape index (κ3) is 3.29. The average Bonchev–Trinajstić information content (AvgIpc) is 3.15. The number of fused-ring (bicyclic) bond motifs is 3. The van der Waals surface area contributed by atoms with Crippen LogP contribution in [0.3, 0.4) is 0 Å². The van der Waals surface area contributed by atoms with Gasteiger partial charge in [-0.1, -0.05) is 49.6 Å². The Hall–Kier alpha value is -3.15. The summed E-state index contributed by atoms with van der Waals surface area (Å²) >= 11 is 0. The molecule has 1 saturated carbocycles. The molecule has 2 aliphatic rings. The molecule has 0 unspecified atom stereocenters. The van der Waals surface area contributed by atoms with E-state index in [-0.39, 0.29) is 17.9 Å². The van der Waals surface area contributed by atoms with Crippen molar-refractivity contribution in [2.75, 3.05) is 4.90 Å². The summed E-state index contributed by atoms with van der Waals surface area (Å²) in [6, 6.07) is 15.6. The van der Waals surface area contributed by atoms with E-state index in [2.05, 4.69) is 17.2 Å². The topological polar surface area (TPSA) is 67.2 Å². The highest BCUT2D eigenvalue weighted by molar-refractivity contribution is 6.12. The molecule has 6 nitrogen and oxygen atoms in total. The Kier molecular flexibility index (Phi) is 5.03. The van der Waals surface area contributed by atoms with Crippen molar-refractivity contribution in [3.8, 4) is 0 Å². The van der Waals surface area contributed by atoms with Crippen LogP contribution in [0.2, 0.25) is 0 Å². The molecule has 1 aliphatic heterocycles. The van der Waals surface area contributed by atoms with Crippen molar-refractivity contribution in [3.63, 3.8) is 0 Å². The number of aromatic nitrogens is 2. The molecule has 1 aromatic heterocycles. The monoisotopic (exact) mass is 430 g/mol. The Balaban J connectivity index is 1.60. The minimum absolute atomic E-state index is 0.103. The van der Waals surface area contributed by atoms with E-state index in [1.54, 1.807) is 4.90 Å². The van der Waals surface area contributed by atoms with Gasteiger partial charge in [0.15, 0.2) is 0 Å². The smallest absolute Gasteiger partial charge is 0.295 e. The quantitative estimate of drug-likeness (QED) is 0.667. The molecule has 6 heteroatoms. The molecule has 3 aromatic rings. The fraction of sp³-hybridized carbons (Fsp3) is 0.423. The molecule has 1 N–H and O–H groups in total. The molecule has 2 aromatic carbocycles. The van der Waals surface area contributed by atoms with E-state index >= 15 is 0 Å². The summed E-state index contributed by atoms with van der Waals surface area (Å²) in [5.41, 5.74) is 2.40. The number of imidazole rings is 1. The molecule has 5 rings (SSSR count). The predicted molar refractivity (Wildman–Crippen MR) is 126 cm³/mol. The van der Waals surface area contributed by atoms with Crippen molar-refractivity contribution in [2.45, 2.75) is 64.6 Å². The summed E-state index contributed by atoms with van der Waals surface area (Å²) < 4.78 is 1.91. The molecule has 0 spiro atoms. The number of amides is 2. The maximum absolute atomic E-state index is 13.9. The molecule has 1 aliphatic carbocycles. The van der Waals surface area contributed by atoms with Crippen LogP contribution in [0.15, 0.2) is 48.5 Å². The summed E-state index contributed by atoms with van der Waals surface area (Å²) in [4.78, 5) is 33.9. The third-order valence-electron chi connectivity index (χ3n) is 7.22. The molecular formula is C26H30N4O2. The van der Waals surface area contributed by atoms with Crippen LogP contribution in [0.25, 0.3) is 11.0 Å². The normalized spacial score (nSPS) is 25.6. The van der Waals surface area contributed by atoms with Crippen LogP contribution in [0.5, 0.6) is 0 Å². The van der Waals surface area contributed by atoms with Gasteiger partial charge in [-0.3, -0.25) is 14.5 Å². The lowest BCUT2D eigenvalue weighted by molar-refractivity contribution is -0.127. The van der Waals surface area contributed by atoms with E-state index < -0.39 is 5.54 Å². The van der Waals surface area contributed by atoms with E-state index in [9.17, 15) is 9.59 Å². The van der Waals surface area contributed by atoms with Gasteiger partial charge < -0.3 is 9.88 Å². The summed E-state index contributed by atoms with van der Waals surface area (Å²) in [6.07, 6.45) is 4.45. The van der Waals surface area contributed by atoms with Gasteiger partial charge in [-0.25, -0.2) is 4.98 Å². The summed E-state index contributed by atoms with van der Waals surface area (Å²) in [7, 11) is 0.